The van der Waals surface area contributed by atoms with E-state index in [1.54, 1.807) is 18.3 Å². The molecule has 0 aliphatic heterocycles. The maximum absolute atomic E-state index is 11.9. The minimum atomic E-state index is -0.0295. The minimum absolute atomic E-state index is 0.0295. The lowest BCUT2D eigenvalue weighted by molar-refractivity contribution is 0.0935. The van der Waals surface area contributed by atoms with Gasteiger partial charge in [-0.25, -0.2) is 0 Å². The van der Waals surface area contributed by atoms with E-state index in [0.717, 1.165) is 17.4 Å². The summed E-state index contributed by atoms with van der Waals surface area (Å²) >= 11 is 3.43. The second kappa shape index (κ2) is 6.15. The van der Waals surface area contributed by atoms with Crippen LogP contribution in [0.2, 0.25) is 0 Å². The Bertz CT molecular complexity index is 391. The van der Waals surface area contributed by atoms with Crippen LogP contribution < -0.4 is 5.32 Å². The van der Waals surface area contributed by atoms with E-state index in [1.165, 1.54) is 0 Å². The molecule has 0 saturated heterocycles. The molecule has 1 rings (SSSR count). The lowest BCUT2D eigenvalue weighted by atomic mass is 9.90. The van der Waals surface area contributed by atoms with Crippen LogP contribution in [0.3, 0.4) is 0 Å². The second-order valence-corrected chi connectivity index (χ2v) is 5.76. The van der Waals surface area contributed by atoms with Crippen molar-refractivity contribution in [2.75, 3.05) is 11.9 Å². The Morgan fingerprint density at radius 1 is 1.53 bits per heavy atom. The van der Waals surface area contributed by atoms with Gasteiger partial charge in [-0.05, 0) is 30.9 Å². The van der Waals surface area contributed by atoms with Crippen molar-refractivity contribution in [2.45, 2.75) is 27.2 Å². The number of nitrogens with one attached hydrogen (secondary N) is 1. The summed E-state index contributed by atoms with van der Waals surface area (Å²) in [6.45, 7) is 6.85. The van der Waals surface area contributed by atoms with E-state index >= 15 is 0 Å². The monoisotopic (exact) mass is 298 g/mol. The molecular weight excluding hydrogens is 280 g/mol. The van der Waals surface area contributed by atoms with E-state index in [9.17, 15) is 4.79 Å². The van der Waals surface area contributed by atoms with Crippen molar-refractivity contribution >= 4 is 21.8 Å². The molecule has 1 aromatic rings. The maximum Gasteiger partial charge on any atom is 0.251 e. The lowest BCUT2D eigenvalue weighted by Crippen LogP contribution is -2.34. The number of hydrogen-bond donors (Lipinski definition) is 1. The molecule has 1 amide bonds. The number of aryl methyl sites for hydroxylation is 1. The molecule has 0 radical (unpaired) electrons. The molecule has 0 spiro atoms. The van der Waals surface area contributed by atoms with Gasteiger partial charge in [0.2, 0.25) is 0 Å². The van der Waals surface area contributed by atoms with Gasteiger partial charge in [-0.3, -0.25) is 9.78 Å². The fourth-order valence-corrected chi connectivity index (χ4v) is 2.53. The van der Waals surface area contributed by atoms with Crippen LogP contribution in [0, 0.1) is 12.3 Å². The van der Waals surface area contributed by atoms with Crippen molar-refractivity contribution < 1.29 is 4.79 Å². The number of nitrogens with zero attached hydrogens (tertiary/aromatic N) is 1. The SMILES string of the molecule is Cc1cc(C(=O)NCC(C)(C)CCBr)ccn1. The first-order chi connectivity index (χ1) is 7.94. The van der Waals surface area contributed by atoms with Gasteiger partial charge in [0.05, 0.1) is 0 Å². The van der Waals surface area contributed by atoms with Gasteiger partial charge in [-0.2, -0.15) is 0 Å². The molecule has 0 aliphatic rings. The Morgan fingerprint density at radius 2 is 2.24 bits per heavy atom. The van der Waals surface area contributed by atoms with Crippen molar-refractivity contribution in [3.05, 3.63) is 29.6 Å². The van der Waals surface area contributed by atoms with Crippen molar-refractivity contribution in [3.63, 3.8) is 0 Å². The molecule has 1 heterocycles. The van der Waals surface area contributed by atoms with Crippen LogP contribution in [0.4, 0.5) is 0 Å². The smallest absolute Gasteiger partial charge is 0.251 e. The number of hydrogen-bond acceptors (Lipinski definition) is 2. The third-order valence-corrected chi connectivity index (χ3v) is 3.05. The molecule has 4 heteroatoms. The summed E-state index contributed by atoms with van der Waals surface area (Å²) in [5.74, 6) is -0.0295. The summed E-state index contributed by atoms with van der Waals surface area (Å²) in [4.78, 5) is 16.0. The van der Waals surface area contributed by atoms with Crippen molar-refractivity contribution in [1.82, 2.24) is 10.3 Å². The molecule has 3 nitrogen and oxygen atoms in total. The molecule has 0 aliphatic carbocycles. The Labute approximate surface area is 111 Å². The average molecular weight is 299 g/mol. The molecule has 0 aromatic carbocycles. The van der Waals surface area contributed by atoms with Gasteiger partial charge >= 0.3 is 0 Å². The van der Waals surface area contributed by atoms with Crippen LogP contribution in [0.1, 0.15) is 36.3 Å². The summed E-state index contributed by atoms with van der Waals surface area (Å²) < 4.78 is 0. The van der Waals surface area contributed by atoms with Gasteiger partial charge in [0.1, 0.15) is 0 Å². The summed E-state index contributed by atoms with van der Waals surface area (Å²) in [5.41, 5.74) is 1.64. The van der Waals surface area contributed by atoms with E-state index in [0.29, 0.717) is 12.1 Å². The third-order valence-electron chi connectivity index (χ3n) is 2.66. The molecule has 0 bridgehead atoms. The number of rotatable bonds is 5. The quantitative estimate of drug-likeness (QED) is 0.849. The zero-order chi connectivity index (χ0) is 12.9. The molecule has 1 aromatic heterocycles. The summed E-state index contributed by atoms with van der Waals surface area (Å²) in [6.07, 6.45) is 2.69. The first-order valence-electron chi connectivity index (χ1n) is 5.71. The highest BCUT2D eigenvalue weighted by atomic mass is 79.9. The molecule has 0 saturated carbocycles. The van der Waals surface area contributed by atoms with E-state index in [-0.39, 0.29) is 11.3 Å². The van der Waals surface area contributed by atoms with E-state index in [1.807, 2.05) is 6.92 Å². The largest absolute Gasteiger partial charge is 0.352 e. The zero-order valence-corrected chi connectivity index (χ0v) is 12.2. The molecule has 1 N–H and O–H groups in total. The Hall–Kier alpha value is -0.900. The van der Waals surface area contributed by atoms with E-state index < -0.39 is 0 Å². The number of halogens is 1. The fraction of sp³-hybridized carbons (Fsp3) is 0.538. The highest BCUT2D eigenvalue weighted by Gasteiger charge is 2.18. The van der Waals surface area contributed by atoms with Crippen LogP contribution in [0.15, 0.2) is 18.3 Å². The van der Waals surface area contributed by atoms with Gasteiger partial charge in [0.15, 0.2) is 0 Å². The Balaban J connectivity index is 2.56. The normalized spacial score (nSPS) is 11.3. The van der Waals surface area contributed by atoms with Gasteiger partial charge in [0.25, 0.3) is 5.91 Å². The average Bonchev–Trinajstić information content (AvgIpc) is 2.26. The van der Waals surface area contributed by atoms with E-state index in [2.05, 4.69) is 40.1 Å². The number of amides is 1. The molecule has 94 valence electrons. The highest BCUT2D eigenvalue weighted by Crippen LogP contribution is 2.20. The molecular formula is C13H19BrN2O. The van der Waals surface area contributed by atoms with Crippen LogP contribution in [0.5, 0.6) is 0 Å². The lowest BCUT2D eigenvalue weighted by Gasteiger charge is -2.23. The predicted molar refractivity (Wildman–Crippen MR) is 73.5 cm³/mol. The first kappa shape index (κ1) is 14.2. The number of aromatic nitrogens is 1. The molecule has 0 fully saturated rings. The standard InChI is InChI=1S/C13H19BrN2O/c1-10-8-11(4-7-15-10)12(17)16-9-13(2,3)5-6-14/h4,7-8H,5-6,9H2,1-3H3,(H,16,17). The maximum atomic E-state index is 11.9. The van der Waals surface area contributed by atoms with Crippen LogP contribution in [-0.4, -0.2) is 22.8 Å². The van der Waals surface area contributed by atoms with Gasteiger partial charge < -0.3 is 5.32 Å². The van der Waals surface area contributed by atoms with Crippen molar-refractivity contribution in [1.29, 1.82) is 0 Å². The summed E-state index contributed by atoms with van der Waals surface area (Å²) in [5, 5.41) is 3.91. The number of alkyl halides is 1. The minimum Gasteiger partial charge on any atom is -0.352 e. The first-order valence-corrected chi connectivity index (χ1v) is 6.83. The predicted octanol–water partition coefficient (Wildman–Crippen LogP) is 2.93. The summed E-state index contributed by atoms with van der Waals surface area (Å²) in [6, 6.07) is 3.53. The van der Waals surface area contributed by atoms with Gasteiger partial charge in [-0.15, -0.1) is 0 Å². The van der Waals surface area contributed by atoms with Crippen molar-refractivity contribution in [3.8, 4) is 0 Å². The highest BCUT2D eigenvalue weighted by molar-refractivity contribution is 9.09. The number of carbonyl (C=O) groups is 1. The van der Waals surface area contributed by atoms with Crippen LogP contribution in [-0.2, 0) is 0 Å². The van der Waals surface area contributed by atoms with Gasteiger partial charge in [0, 0.05) is 29.3 Å². The van der Waals surface area contributed by atoms with Gasteiger partial charge in [-0.1, -0.05) is 29.8 Å². The topological polar surface area (TPSA) is 42.0 Å². The zero-order valence-electron chi connectivity index (χ0n) is 10.6. The van der Waals surface area contributed by atoms with Crippen molar-refractivity contribution in [2.24, 2.45) is 5.41 Å². The van der Waals surface area contributed by atoms with E-state index in [4.69, 9.17) is 0 Å². The summed E-state index contributed by atoms with van der Waals surface area (Å²) in [7, 11) is 0. The Morgan fingerprint density at radius 3 is 2.82 bits per heavy atom. The van der Waals surface area contributed by atoms with Crippen LogP contribution >= 0.6 is 15.9 Å². The molecule has 17 heavy (non-hydrogen) atoms. The second-order valence-electron chi connectivity index (χ2n) is 4.97. The van der Waals surface area contributed by atoms with Crippen LogP contribution in [0.25, 0.3) is 0 Å². The molecule has 0 unspecified atom stereocenters. The molecule has 0 atom stereocenters. The number of pyridine rings is 1. The Kier molecular flexibility index (Phi) is 5.12. The third kappa shape index (κ3) is 4.86. The number of carbonyl (C=O) groups excluding carboxylic acids is 1. The fourth-order valence-electron chi connectivity index (χ4n) is 1.45.